The van der Waals surface area contributed by atoms with E-state index in [2.05, 4.69) is 5.32 Å². The second-order valence-electron chi connectivity index (χ2n) is 6.02. The molecular weight excluding hydrogens is 288 g/mol. The molecule has 2 bridgehead atoms. The number of hydrogen-bond donors (Lipinski definition) is 2. The van der Waals surface area contributed by atoms with Crippen molar-refractivity contribution in [2.24, 2.45) is 23.7 Å². The highest BCUT2D eigenvalue weighted by molar-refractivity contribution is 5.96. The monoisotopic (exact) mass is 304 g/mol. The van der Waals surface area contributed by atoms with Crippen LogP contribution in [-0.4, -0.2) is 21.9 Å². The van der Waals surface area contributed by atoms with E-state index in [9.17, 15) is 24.8 Å². The van der Waals surface area contributed by atoms with Gasteiger partial charge in [0.2, 0.25) is 5.91 Å². The standard InChI is InChI=1S/C15H16N2O5/c18-14(16-10-2-1-3-11(7-10)17(21)22)12-8-4-5-9(6-8)13(12)15(19)20/h1-3,7-9,12-13H,4-6H2,(H,16,18)(H,19,20)/t8-,9+,12-,13+/m0/s1. The maximum absolute atomic E-state index is 12.5. The first kappa shape index (κ1) is 14.5. The molecule has 2 aliphatic carbocycles. The molecule has 0 radical (unpaired) electrons. The maximum atomic E-state index is 12.5. The van der Waals surface area contributed by atoms with Crippen LogP contribution < -0.4 is 5.32 Å². The zero-order valence-electron chi connectivity index (χ0n) is 11.8. The molecule has 3 rings (SSSR count). The van der Waals surface area contributed by atoms with Gasteiger partial charge in [-0.1, -0.05) is 6.07 Å². The van der Waals surface area contributed by atoms with Gasteiger partial charge in [0.1, 0.15) is 0 Å². The number of carbonyl (C=O) groups excluding carboxylic acids is 1. The first-order valence-electron chi connectivity index (χ1n) is 7.25. The Balaban J connectivity index is 1.78. The molecule has 22 heavy (non-hydrogen) atoms. The Hall–Kier alpha value is -2.44. The third kappa shape index (κ3) is 2.43. The van der Waals surface area contributed by atoms with Gasteiger partial charge in [-0.3, -0.25) is 19.7 Å². The van der Waals surface area contributed by atoms with Crippen molar-refractivity contribution in [3.05, 3.63) is 34.4 Å². The lowest BCUT2D eigenvalue weighted by Crippen LogP contribution is -2.37. The number of carbonyl (C=O) groups is 2. The fraction of sp³-hybridized carbons (Fsp3) is 0.467. The van der Waals surface area contributed by atoms with Crippen molar-refractivity contribution in [1.29, 1.82) is 0 Å². The second kappa shape index (κ2) is 5.40. The zero-order valence-corrected chi connectivity index (χ0v) is 11.8. The molecular formula is C15H16N2O5. The van der Waals surface area contributed by atoms with Gasteiger partial charge in [-0.25, -0.2) is 0 Å². The predicted molar refractivity (Wildman–Crippen MR) is 77.2 cm³/mol. The van der Waals surface area contributed by atoms with E-state index in [1.165, 1.54) is 18.2 Å². The number of aliphatic carboxylic acids is 1. The third-order valence-corrected chi connectivity index (χ3v) is 4.83. The average molecular weight is 304 g/mol. The molecule has 7 nitrogen and oxygen atoms in total. The molecule has 1 aromatic carbocycles. The first-order valence-corrected chi connectivity index (χ1v) is 7.25. The lowest BCUT2D eigenvalue weighted by atomic mass is 9.78. The Bertz CT molecular complexity index is 645. The summed E-state index contributed by atoms with van der Waals surface area (Å²) in [4.78, 5) is 34.1. The van der Waals surface area contributed by atoms with Gasteiger partial charge in [0.15, 0.2) is 0 Å². The summed E-state index contributed by atoms with van der Waals surface area (Å²) in [6, 6.07) is 5.67. The van der Waals surface area contributed by atoms with Crippen molar-refractivity contribution >= 4 is 23.3 Å². The van der Waals surface area contributed by atoms with Crippen LogP contribution in [0.5, 0.6) is 0 Å². The van der Waals surface area contributed by atoms with Crippen molar-refractivity contribution in [1.82, 2.24) is 0 Å². The van der Waals surface area contributed by atoms with Crippen molar-refractivity contribution in [2.75, 3.05) is 5.32 Å². The number of nitrogens with one attached hydrogen (secondary N) is 1. The summed E-state index contributed by atoms with van der Waals surface area (Å²) < 4.78 is 0. The highest BCUT2D eigenvalue weighted by Crippen LogP contribution is 2.52. The molecule has 1 aromatic rings. The van der Waals surface area contributed by atoms with Gasteiger partial charge < -0.3 is 10.4 Å². The van der Waals surface area contributed by atoms with Crippen LogP contribution in [0.3, 0.4) is 0 Å². The third-order valence-electron chi connectivity index (χ3n) is 4.83. The maximum Gasteiger partial charge on any atom is 0.307 e. The summed E-state index contributed by atoms with van der Waals surface area (Å²) in [5.41, 5.74) is 0.214. The summed E-state index contributed by atoms with van der Waals surface area (Å²) in [6.45, 7) is 0. The molecule has 7 heteroatoms. The Morgan fingerprint density at radius 1 is 1.23 bits per heavy atom. The van der Waals surface area contributed by atoms with E-state index in [1.807, 2.05) is 0 Å². The van der Waals surface area contributed by atoms with E-state index in [0.29, 0.717) is 5.69 Å². The fourth-order valence-electron chi connectivity index (χ4n) is 3.95. The normalized spacial score (nSPS) is 29.3. The Morgan fingerprint density at radius 2 is 1.91 bits per heavy atom. The molecule has 0 aromatic heterocycles. The van der Waals surface area contributed by atoms with Gasteiger partial charge in [0.25, 0.3) is 5.69 Å². The van der Waals surface area contributed by atoms with Gasteiger partial charge in [-0.05, 0) is 37.2 Å². The summed E-state index contributed by atoms with van der Waals surface area (Å²) in [7, 11) is 0. The van der Waals surface area contributed by atoms with E-state index in [0.717, 1.165) is 19.3 Å². The van der Waals surface area contributed by atoms with Crippen molar-refractivity contribution < 1.29 is 19.6 Å². The van der Waals surface area contributed by atoms with Crippen LogP contribution in [0.25, 0.3) is 0 Å². The molecule has 1 amide bonds. The highest BCUT2D eigenvalue weighted by atomic mass is 16.6. The van der Waals surface area contributed by atoms with Crippen LogP contribution in [-0.2, 0) is 9.59 Å². The number of carboxylic acids is 1. The molecule has 0 saturated heterocycles. The van der Waals surface area contributed by atoms with Crippen LogP contribution in [0.4, 0.5) is 11.4 Å². The smallest absolute Gasteiger partial charge is 0.307 e. The minimum atomic E-state index is -0.925. The van der Waals surface area contributed by atoms with Crippen molar-refractivity contribution in [2.45, 2.75) is 19.3 Å². The lowest BCUT2D eigenvalue weighted by Gasteiger charge is -2.27. The van der Waals surface area contributed by atoms with Crippen LogP contribution >= 0.6 is 0 Å². The molecule has 0 spiro atoms. The number of fused-ring (bicyclic) bond motifs is 2. The van der Waals surface area contributed by atoms with Gasteiger partial charge in [-0.2, -0.15) is 0 Å². The van der Waals surface area contributed by atoms with E-state index >= 15 is 0 Å². The van der Waals surface area contributed by atoms with E-state index in [1.54, 1.807) is 6.07 Å². The largest absolute Gasteiger partial charge is 0.481 e. The Morgan fingerprint density at radius 3 is 2.55 bits per heavy atom. The van der Waals surface area contributed by atoms with Gasteiger partial charge in [-0.15, -0.1) is 0 Å². The van der Waals surface area contributed by atoms with Gasteiger partial charge in [0, 0.05) is 17.8 Å². The number of benzene rings is 1. The lowest BCUT2D eigenvalue weighted by molar-refractivity contribution is -0.384. The van der Waals surface area contributed by atoms with Crippen LogP contribution in [0, 0.1) is 33.8 Å². The number of carboxylic acid groups (broad SMARTS) is 1. The number of anilines is 1. The summed E-state index contributed by atoms with van der Waals surface area (Å²) >= 11 is 0. The van der Waals surface area contributed by atoms with Crippen molar-refractivity contribution in [3.8, 4) is 0 Å². The number of nitro groups is 1. The van der Waals surface area contributed by atoms with Gasteiger partial charge >= 0.3 is 5.97 Å². The molecule has 4 atom stereocenters. The number of non-ortho nitro benzene ring substituents is 1. The molecule has 0 aliphatic heterocycles. The average Bonchev–Trinajstić information content (AvgIpc) is 3.07. The molecule has 2 saturated carbocycles. The van der Waals surface area contributed by atoms with E-state index in [-0.39, 0.29) is 23.4 Å². The first-order chi connectivity index (χ1) is 10.5. The van der Waals surface area contributed by atoms with Crippen molar-refractivity contribution in [3.63, 3.8) is 0 Å². The van der Waals surface area contributed by atoms with E-state index < -0.39 is 22.7 Å². The number of hydrogen-bond acceptors (Lipinski definition) is 4. The SMILES string of the molecule is O=C(O)[C@@H]1[C@@H]2CC[C@@H](C2)[C@@H]1C(=O)Nc1cccc([N+](=O)[O-])c1. The number of rotatable bonds is 4. The zero-order chi connectivity index (χ0) is 15.9. The van der Waals surface area contributed by atoms with Crippen LogP contribution in [0.2, 0.25) is 0 Å². The molecule has 0 heterocycles. The molecule has 2 aliphatic rings. The summed E-state index contributed by atoms with van der Waals surface area (Å²) in [5.74, 6) is -2.28. The summed E-state index contributed by atoms with van der Waals surface area (Å²) in [5, 5.41) is 22.8. The predicted octanol–water partition coefficient (Wildman–Crippen LogP) is 2.28. The summed E-state index contributed by atoms with van der Waals surface area (Å²) in [6.07, 6.45) is 2.52. The second-order valence-corrected chi connectivity index (χ2v) is 6.02. The number of amides is 1. The molecule has 2 fully saturated rings. The topological polar surface area (TPSA) is 110 Å². The van der Waals surface area contributed by atoms with Crippen LogP contribution in [0.15, 0.2) is 24.3 Å². The highest BCUT2D eigenvalue weighted by Gasteiger charge is 2.53. The quantitative estimate of drug-likeness (QED) is 0.655. The number of nitrogens with zero attached hydrogens (tertiary/aromatic N) is 1. The van der Waals surface area contributed by atoms with Crippen LogP contribution in [0.1, 0.15) is 19.3 Å². The number of nitro benzene ring substituents is 1. The van der Waals surface area contributed by atoms with Gasteiger partial charge in [0.05, 0.1) is 16.8 Å². The minimum Gasteiger partial charge on any atom is -0.481 e. The molecule has 2 N–H and O–H groups in total. The Labute approximate surface area is 126 Å². The van der Waals surface area contributed by atoms with E-state index in [4.69, 9.17) is 0 Å². The molecule has 0 unspecified atom stereocenters. The minimum absolute atomic E-state index is 0.0726. The Kier molecular flexibility index (Phi) is 3.56. The molecule has 116 valence electrons. The fourth-order valence-corrected chi connectivity index (χ4v) is 3.95.